The molecule has 0 aliphatic heterocycles. The largest absolute Gasteiger partial charge is 0.456 e. The second-order valence-electron chi connectivity index (χ2n) is 12.4. The second-order valence-corrected chi connectivity index (χ2v) is 12.4. The Kier molecular flexibility index (Phi) is 9.26. The number of aromatic nitrogens is 3. The highest BCUT2D eigenvalue weighted by atomic mass is 16.3. The lowest BCUT2D eigenvalue weighted by Crippen LogP contribution is -1.99. The number of aryl methyl sites for hydroxylation is 1. The van der Waals surface area contributed by atoms with Gasteiger partial charge in [-0.2, -0.15) is 0 Å². The molecule has 0 saturated heterocycles. The van der Waals surface area contributed by atoms with Gasteiger partial charge in [-0.05, 0) is 58.5 Å². The Hall–Kier alpha value is -6.91. The molecule has 0 radical (unpaired) electrons. The third kappa shape index (κ3) is 6.91. The van der Waals surface area contributed by atoms with Crippen LogP contribution in [0.4, 0.5) is 0 Å². The molecule has 0 atom stereocenters. The van der Waals surface area contributed by atoms with E-state index < -0.39 is 0 Å². The van der Waals surface area contributed by atoms with Gasteiger partial charge in [0, 0.05) is 21.9 Å². The summed E-state index contributed by atoms with van der Waals surface area (Å²) in [5.74, 6) is 2.02. The maximum absolute atomic E-state index is 5.99. The van der Waals surface area contributed by atoms with Crippen LogP contribution in [0.2, 0.25) is 0 Å². The van der Waals surface area contributed by atoms with Gasteiger partial charge >= 0.3 is 0 Å². The zero-order valence-corrected chi connectivity index (χ0v) is 28.7. The van der Waals surface area contributed by atoms with Gasteiger partial charge in [-0.3, -0.25) is 0 Å². The van der Waals surface area contributed by atoms with E-state index in [1.807, 2.05) is 67.6 Å². The van der Waals surface area contributed by atoms with Crippen molar-refractivity contribution >= 4 is 33.1 Å². The van der Waals surface area contributed by atoms with Gasteiger partial charge in [-0.1, -0.05) is 176 Å². The number of para-hydroxylation sites is 1. The van der Waals surface area contributed by atoms with Crippen molar-refractivity contribution in [2.75, 3.05) is 0 Å². The van der Waals surface area contributed by atoms with Crippen molar-refractivity contribution in [3.63, 3.8) is 0 Å². The van der Waals surface area contributed by atoms with Gasteiger partial charge in [0.1, 0.15) is 17.0 Å². The Morgan fingerprint density at radius 3 is 1.27 bits per heavy atom. The molecule has 0 fully saturated rings. The van der Waals surface area contributed by atoms with E-state index in [9.17, 15) is 0 Å². The first-order valence-corrected chi connectivity index (χ1v) is 17.4. The van der Waals surface area contributed by atoms with E-state index in [1.54, 1.807) is 0 Å². The molecule has 4 nitrogen and oxygen atoms in total. The van der Waals surface area contributed by atoms with E-state index in [0.717, 1.165) is 33.1 Å². The molecule has 4 heteroatoms. The van der Waals surface area contributed by atoms with Crippen molar-refractivity contribution in [3.8, 4) is 22.8 Å². The summed E-state index contributed by atoms with van der Waals surface area (Å²) < 4.78 is 5.99. The van der Waals surface area contributed by atoms with Crippen LogP contribution < -0.4 is 0 Å². The third-order valence-corrected chi connectivity index (χ3v) is 8.92. The van der Waals surface area contributed by atoms with Crippen LogP contribution in [0.3, 0.4) is 0 Å². The van der Waals surface area contributed by atoms with Crippen LogP contribution in [-0.2, 0) is 0 Å². The summed E-state index contributed by atoms with van der Waals surface area (Å²) in [7, 11) is 0. The molecule has 248 valence electrons. The summed E-state index contributed by atoms with van der Waals surface area (Å²) in [5, 5.41) is 2.21. The molecule has 0 aliphatic rings. The van der Waals surface area contributed by atoms with Crippen molar-refractivity contribution in [2.45, 2.75) is 6.92 Å². The number of fused-ring (bicyclic) bond motifs is 3. The van der Waals surface area contributed by atoms with Crippen LogP contribution in [0.5, 0.6) is 0 Å². The lowest BCUT2D eigenvalue weighted by Gasteiger charge is -2.18. The lowest BCUT2D eigenvalue weighted by molar-refractivity contribution is 0.669. The number of nitrogens with zero attached hydrogens (tertiary/aromatic N) is 3. The van der Waals surface area contributed by atoms with E-state index >= 15 is 0 Å². The Balaban J connectivity index is 0.000000149. The van der Waals surface area contributed by atoms with E-state index in [1.165, 1.54) is 33.4 Å². The predicted octanol–water partition coefficient (Wildman–Crippen LogP) is 12.1. The fourth-order valence-electron chi connectivity index (χ4n) is 6.52. The number of benzene rings is 7. The van der Waals surface area contributed by atoms with Crippen LogP contribution in [-0.4, -0.2) is 15.0 Å². The zero-order chi connectivity index (χ0) is 35.1. The molecule has 0 unspecified atom stereocenters. The first-order valence-electron chi connectivity index (χ1n) is 17.4. The van der Waals surface area contributed by atoms with E-state index in [4.69, 9.17) is 4.42 Å². The molecule has 7 aromatic carbocycles. The lowest BCUT2D eigenvalue weighted by atomic mass is 9.86. The normalized spacial score (nSPS) is 10.8. The van der Waals surface area contributed by atoms with Crippen LogP contribution in [0.1, 0.15) is 28.1 Å². The van der Waals surface area contributed by atoms with Gasteiger partial charge in [0.15, 0.2) is 11.6 Å². The van der Waals surface area contributed by atoms with Gasteiger partial charge in [0.05, 0.1) is 0 Å². The van der Waals surface area contributed by atoms with Crippen LogP contribution in [0.15, 0.2) is 199 Å². The standard InChI is InChI=1S/C26H20.C22H15N3O/c1-5-13-21(14-6-1)25(22-15-7-2-8-16-22)26(23-17-9-3-10-18-23)24-19-11-4-12-20-24;1-14-23-21(15-7-3-2-4-8-15)25-22(24-14)16-11-12-18-17-9-5-6-10-19(17)26-20(18)13-16/h1-20H;2-13H,1H3. The Bertz CT molecular complexity index is 2430. The molecule has 0 saturated carbocycles. The van der Waals surface area contributed by atoms with Gasteiger partial charge in [-0.25, -0.2) is 15.0 Å². The first kappa shape index (κ1) is 32.3. The molecule has 0 bridgehead atoms. The Labute approximate surface area is 303 Å². The quantitative estimate of drug-likeness (QED) is 0.165. The topological polar surface area (TPSA) is 51.8 Å². The minimum Gasteiger partial charge on any atom is -0.456 e. The minimum atomic E-state index is 0.652. The SMILES string of the molecule is Cc1nc(-c2ccccc2)nc(-c2ccc3c(c2)oc2ccccc23)n1.c1ccc(C(=C(c2ccccc2)c2ccccc2)c2ccccc2)cc1. The van der Waals surface area contributed by atoms with E-state index in [-0.39, 0.29) is 0 Å². The first-order chi connectivity index (χ1) is 25.7. The van der Waals surface area contributed by atoms with Gasteiger partial charge in [-0.15, -0.1) is 0 Å². The summed E-state index contributed by atoms with van der Waals surface area (Å²) in [4.78, 5) is 13.7. The fraction of sp³-hybridized carbons (Fsp3) is 0.0208. The molecular weight excluding hydrogens is 635 g/mol. The maximum Gasteiger partial charge on any atom is 0.163 e. The molecule has 0 spiro atoms. The number of rotatable bonds is 6. The maximum atomic E-state index is 5.99. The van der Waals surface area contributed by atoms with Gasteiger partial charge in [0.25, 0.3) is 0 Å². The summed E-state index contributed by atoms with van der Waals surface area (Å²) in [5.41, 5.74) is 11.0. The number of hydrogen-bond donors (Lipinski definition) is 0. The van der Waals surface area contributed by atoms with Crippen molar-refractivity contribution in [1.82, 2.24) is 15.0 Å². The van der Waals surface area contributed by atoms with Crippen LogP contribution >= 0.6 is 0 Å². The molecule has 0 N–H and O–H groups in total. The van der Waals surface area contributed by atoms with Crippen molar-refractivity contribution in [2.24, 2.45) is 0 Å². The molecular formula is C48H35N3O. The van der Waals surface area contributed by atoms with Gasteiger partial charge in [0.2, 0.25) is 0 Å². The summed E-state index contributed by atoms with van der Waals surface area (Å²) in [6, 6.07) is 66.7. The molecule has 52 heavy (non-hydrogen) atoms. The summed E-state index contributed by atoms with van der Waals surface area (Å²) in [6.45, 7) is 1.89. The minimum absolute atomic E-state index is 0.652. The average Bonchev–Trinajstić information content (AvgIpc) is 3.60. The smallest absolute Gasteiger partial charge is 0.163 e. The van der Waals surface area contributed by atoms with Crippen molar-refractivity contribution < 1.29 is 4.42 Å². The van der Waals surface area contributed by atoms with Crippen molar-refractivity contribution in [1.29, 1.82) is 0 Å². The highest BCUT2D eigenvalue weighted by Gasteiger charge is 2.16. The number of hydrogen-bond acceptors (Lipinski definition) is 4. The fourth-order valence-corrected chi connectivity index (χ4v) is 6.52. The average molecular weight is 670 g/mol. The van der Waals surface area contributed by atoms with Crippen LogP contribution in [0.25, 0.3) is 55.9 Å². The second kappa shape index (κ2) is 14.9. The van der Waals surface area contributed by atoms with Crippen molar-refractivity contribution in [3.05, 3.63) is 222 Å². The zero-order valence-electron chi connectivity index (χ0n) is 28.7. The third-order valence-electron chi connectivity index (χ3n) is 8.92. The summed E-state index contributed by atoms with van der Waals surface area (Å²) >= 11 is 0. The van der Waals surface area contributed by atoms with Crippen LogP contribution in [0, 0.1) is 6.92 Å². The molecule has 9 aromatic rings. The predicted molar refractivity (Wildman–Crippen MR) is 213 cm³/mol. The monoisotopic (exact) mass is 669 g/mol. The van der Waals surface area contributed by atoms with E-state index in [0.29, 0.717) is 17.5 Å². The molecule has 2 aromatic heterocycles. The molecule has 0 aliphatic carbocycles. The van der Waals surface area contributed by atoms with Gasteiger partial charge < -0.3 is 4.42 Å². The molecule has 2 heterocycles. The highest BCUT2D eigenvalue weighted by Crippen LogP contribution is 2.37. The van der Waals surface area contributed by atoms with E-state index in [2.05, 4.69) is 148 Å². The number of furan rings is 1. The molecule has 9 rings (SSSR count). The Morgan fingerprint density at radius 2 is 0.769 bits per heavy atom. The molecule has 0 amide bonds. The summed E-state index contributed by atoms with van der Waals surface area (Å²) in [6.07, 6.45) is 0. The Morgan fingerprint density at radius 1 is 0.365 bits per heavy atom. The highest BCUT2D eigenvalue weighted by molar-refractivity contribution is 6.06.